The summed E-state index contributed by atoms with van der Waals surface area (Å²) in [5.74, 6) is 5.23. The van der Waals surface area contributed by atoms with E-state index in [0.717, 1.165) is 40.7 Å². The van der Waals surface area contributed by atoms with Crippen LogP contribution in [0.25, 0.3) is 0 Å². The fourth-order valence-corrected chi connectivity index (χ4v) is 5.78. The highest BCUT2D eigenvalue weighted by Gasteiger charge is 2.53. The summed E-state index contributed by atoms with van der Waals surface area (Å²) in [5.41, 5.74) is 1.08. The Morgan fingerprint density at radius 1 is 1.04 bits per heavy atom. The second kappa shape index (κ2) is 6.89. The van der Waals surface area contributed by atoms with Crippen LogP contribution in [0.5, 0.6) is 11.5 Å². The topological polar surface area (TPSA) is 47.6 Å². The fraction of sp³-hybridized carbons (Fsp3) is 0.667. The average Bonchev–Trinajstić information content (AvgIpc) is 3.32. The van der Waals surface area contributed by atoms with E-state index in [1.807, 2.05) is 18.2 Å². The van der Waals surface area contributed by atoms with E-state index in [1.165, 1.54) is 32.1 Å². The van der Waals surface area contributed by atoms with E-state index in [4.69, 9.17) is 9.47 Å². The van der Waals surface area contributed by atoms with Crippen LogP contribution in [0.1, 0.15) is 44.1 Å². The maximum atomic E-state index is 12.5. The lowest BCUT2D eigenvalue weighted by molar-refractivity contribution is -0.122. The number of carbonyl (C=O) groups excluding carboxylic acids is 1. The Morgan fingerprint density at radius 3 is 2.48 bits per heavy atom. The van der Waals surface area contributed by atoms with Gasteiger partial charge < -0.3 is 14.8 Å². The summed E-state index contributed by atoms with van der Waals surface area (Å²) in [6.45, 7) is 0. The molecule has 3 aliphatic rings. The highest BCUT2D eigenvalue weighted by atomic mass is 16.5. The number of hydrogen-bond donors (Lipinski definition) is 1. The van der Waals surface area contributed by atoms with Crippen LogP contribution in [0.2, 0.25) is 0 Å². The number of nitrogens with one attached hydrogen (secondary N) is 1. The number of methoxy groups -OCH3 is 2. The van der Waals surface area contributed by atoms with E-state index in [2.05, 4.69) is 5.32 Å². The molecule has 0 aromatic heterocycles. The molecule has 3 saturated carbocycles. The van der Waals surface area contributed by atoms with Gasteiger partial charge in [-0.25, -0.2) is 0 Å². The molecule has 1 aromatic carbocycles. The van der Waals surface area contributed by atoms with Crippen LogP contribution < -0.4 is 14.8 Å². The van der Waals surface area contributed by atoms with Gasteiger partial charge in [0.1, 0.15) is 11.5 Å². The molecule has 0 heterocycles. The fourth-order valence-electron chi connectivity index (χ4n) is 5.78. The van der Waals surface area contributed by atoms with Gasteiger partial charge in [0.25, 0.3) is 0 Å². The highest BCUT2D eigenvalue weighted by molar-refractivity contribution is 5.76. The van der Waals surface area contributed by atoms with Crippen molar-refractivity contribution < 1.29 is 14.3 Å². The number of amides is 1. The zero-order valence-electron chi connectivity index (χ0n) is 15.3. The van der Waals surface area contributed by atoms with Crippen LogP contribution in [0.15, 0.2) is 18.2 Å². The van der Waals surface area contributed by atoms with Crippen LogP contribution in [0, 0.1) is 23.7 Å². The summed E-state index contributed by atoms with van der Waals surface area (Å²) in [4.78, 5) is 12.5. The standard InChI is InChI=1S/C21H29NO3/c1-24-15-8-13(9-16(12-15)25-2)6-7-21(23)22-20-11-14-10-19(20)18-5-3-4-17(14)18/h8-9,12,14,17-20H,3-7,10-11H2,1-2H3,(H,22,23). The molecule has 4 heteroatoms. The zero-order chi connectivity index (χ0) is 17.4. The van der Waals surface area contributed by atoms with Crippen LogP contribution in [-0.2, 0) is 11.2 Å². The Hall–Kier alpha value is -1.71. The molecule has 0 aliphatic heterocycles. The van der Waals surface area contributed by atoms with Gasteiger partial charge in [-0.1, -0.05) is 6.42 Å². The normalized spacial score (nSPS) is 32.5. The molecule has 1 N–H and O–H groups in total. The minimum Gasteiger partial charge on any atom is -0.497 e. The molecule has 5 atom stereocenters. The Morgan fingerprint density at radius 2 is 1.76 bits per heavy atom. The van der Waals surface area contributed by atoms with Crippen molar-refractivity contribution >= 4 is 5.91 Å². The summed E-state index contributed by atoms with van der Waals surface area (Å²) in [6, 6.07) is 6.25. The summed E-state index contributed by atoms with van der Waals surface area (Å²) in [7, 11) is 3.30. The minimum absolute atomic E-state index is 0.189. The SMILES string of the molecule is COc1cc(CCC(=O)NC2CC3CC2C2CCCC32)cc(OC)c1. The molecule has 25 heavy (non-hydrogen) atoms. The summed E-state index contributed by atoms with van der Waals surface area (Å²) < 4.78 is 10.6. The lowest BCUT2D eigenvalue weighted by atomic mass is 9.79. The van der Waals surface area contributed by atoms with E-state index in [9.17, 15) is 4.79 Å². The zero-order valence-corrected chi connectivity index (χ0v) is 15.3. The first-order valence-corrected chi connectivity index (χ1v) is 9.69. The second-order valence-corrected chi connectivity index (χ2v) is 8.05. The number of ether oxygens (including phenoxy) is 2. The largest absolute Gasteiger partial charge is 0.497 e. The van der Waals surface area contributed by atoms with Crippen LogP contribution in [-0.4, -0.2) is 26.2 Å². The number of fused-ring (bicyclic) bond motifs is 5. The van der Waals surface area contributed by atoms with Gasteiger partial charge in [0, 0.05) is 18.5 Å². The molecule has 0 saturated heterocycles. The van der Waals surface area contributed by atoms with Crippen molar-refractivity contribution in [1.82, 2.24) is 5.32 Å². The lowest BCUT2D eigenvalue weighted by Gasteiger charge is -2.32. The maximum Gasteiger partial charge on any atom is 0.220 e. The molecule has 3 aliphatic carbocycles. The van der Waals surface area contributed by atoms with Gasteiger partial charge in [0.05, 0.1) is 14.2 Å². The van der Waals surface area contributed by atoms with Gasteiger partial charge in [0.2, 0.25) is 5.91 Å². The van der Waals surface area contributed by atoms with Gasteiger partial charge in [-0.05, 0) is 73.5 Å². The smallest absolute Gasteiger partial charge is 0.220 e. The summed E-state index contributed by atoms with van der Waals surface area (Å²) in [5, 5.41) is 3.35. The number of hydrogen-bond acceptors (Lipinski definition) is 3. The third kappa shape index (κ3) is 3.23. The number of aryl methyl sites for hydroxylation is 1. The third-order valence-corrected chi connectivity index (χ3v) is 6.83. The molecular weight excluding hydrogens is 314 g/mol. The first-order chi connectivity index (χ1) is 12.2. The Labute approximate surface area is 150 Å². The summed E-state index contributed by atoms with van der Waals surface area (Å²) in [6.07, 6.45) is 8.04. The van der Waals surface area contributed by atoms with Gasteiger partial charge in [0.15, 0.2) is 0 Å². The molecule has 3 fully saturated rings. The van der Waals surface area contributed by atoms with E-state index < -0.39 is 0 Å². The number of rotatable bonds is 6. The van der Waals surface area contributed by atoms with Crippen LogP contribution in [0.3, 0.4) is 0 Å². The predicted molar refractivity (Wildman–Crippen MR) is 96.8 cm³/mol. The summed E-state index contributed by atoms with van der Waals surface area (Å²) >= 11 is 0. The monoisotopic (exact) mass is 343 g/mol. The molecule has 4 rings (SSSR count). The highest BCUT2D eigenvalue weighted by Crippen LogP contribution is 2.58. The molecular formula is C21H29NO3. The van der Waals surface area contributed by atoms with Crippen molar-refractivity contribution in [3.8, 4) is 11.5 Å². The van der Waals surface area contributed by atoms with E-state index in [0.29, 0.717) is 18.9 Å². The molecule has 0 spiro atoms. The Bertz CT molecular complexity index is 622. The maximum absolute atomic E-state index is 12.5. The van der Waals surface area contributed by atoms with Crippen LogP contribution >= 0.6 is 0 Å². The lowest BCUT2D eigenvalue weighted by Crippen LogP contribution is -2.42. The van der Waals surface area contributed by atoms with Crippen molar-refractivity contribution in [1.29, 1.82) is 0 Å². The molecule has 1 amide bonds. The molecule has 2 bridgehead atoms. The minimum atomic E-state index is 0.189. The van der Waals surface area contributed by atoms with Gasteiger partial charge >= 0.3 is 0 Å². The van der Waals surface area contributed by atoms with Crippen LogP contribution in [0.4, 0.5) is 0 Å². The third-order valence-electron chi connectivity index (χ3n) is 6.83. The number of carbonyl (C=O) groups is 1. The molecule has 136 valence electrons. The molecule has 1 aromatic rings. The van der Waals surface area contributed by atoms with Crippen molar-refractivity contribution in [2.75, 3.05) is 14.2 Å². The van der Waals surface area contributed by atoms with Crippen molar-refractivity contribution in [2.45, 2.75) is 51.0 Å². The second-order valence-electron chi connectivity index (χ2n) is 8.05. The molecule has 0 radical (unpaired) electrons. The van der Waals surface area contributed by atoms with E-state index in [-0.39, 0.29) is 5.91 Å². The molecule has 4 nitrogen and oxygen atoms in total. The quantitative estimate of drug-likeness (QED) is 0.859. The Kier molecular flexibility index (Phi) is 4.61. The van der Waals surface area contributed by atoms with Gasteiger partial charge in [-0.3, -0.25) is 4.79 Å². The first-order valence-electron chi connectivity index (χ1n) is 9.69. The predicted octanol–water partition coefficient (Wildman–Crippen LogP) is 3.58. The Balaban J connectivity index is 1.31. The van der Waals surface area contributed by atoms with Crippen molar-refractivity contribution in [3.05, 3.63) is 23.8 Å². The van der Waals surface area contributed by atoms with Gasteiger partial charge in [-0.15, -0.1) is 0 Å². The average molecular weight is 343 g/mol. The number of benzene rings is 1. The van der Waals surface area contributed by atoms with Gasteiger partial charge in [-0.2, -0.15) is 0 Å². The van der Waals surface area contributed by atoms with E-state index in [1.54, 1.807) is 14.2 Å². The first kappa shape index (κ1) is 16.7. The molecule has 5 unspecified atom stereocenters. The van der Waals surface area contributed by atoms with E-state index >= 15 is 0 Å². The van der Waals surface area contributed by atoms with Crippen molar-refractivity contribution in [2.24, 2.45) is 23.7 Å². The van der Waals surface area contributed by atoms with Crippen molar-refractivity contribution in [3.63, 3.8) is 0 Å².